The van der Waals surface area contributed by atoms with Crippen LogP contribution >= 0.6 is 11.7 Å². The number of aromatic nitrogens is 4. The van der Waals surface area contributed by atoms with Crippen LogP contribution in [0.1, 0.15) is 11.1 Å². The van der Waals surface area contributed by atoms with Gasteiger partial charge in [0.2, 0.25) is 0 Å². The fourth-order valence-electron chi connectivity index (χ4n) is 2.58. The molecule has 4 rings (SSSR count). The molecule has 1 N–H and O–H groups in total. The number of anilines is 1. The molecule has 0 aliphatic rings. The monoisotopic (exact) mass is 385 g/mol. The van der Waals surface area contributed by atoms with Crippen LogP contribution in [0.4, 0.5) is 5.82 Å². The van der Waals surface area contributed by atoms with E-state index in [0.29, 0.717) is 17.6 Å². The summed E-state index contributed by atoms with van der Waals surface area (Å²) in [7, 11) is -3.80. The fourth-order valence-corrected chi connectivity index (χ4v) is 4.34. The highest BCUT2D eigenvalue weighted by atomic mass is 32.2. The lowest BCUT2D eigenvalue weighted by atomic mass is 10.1. The number of nitrogens with one attached hydrogen (secondary N) is 1. The zero-order valence-electron chi connectivity index (χ0n) is 13.8. The highest BCUT2D eigenvalue weighted by Gasteiger charge is 2.20. The number of sulfonamides is 1. The smallest absolute Gasteiger partial charge is 0.265 e. The number of hydrogen-bond acceptors (Lipinski definition) is 6. The number of aryl methyl sites for hydroxylation is 1. The molecule has 0 saturated heterocycles. The second-order valence-electron chi connectivity index (χ2n) is 5.88. The Balaban J connectivity index is 1.56. The lowest BCUT2D eigenvalue weighted by molar-refractivity contribution is 0.601. The third-order valence-electron chi connectivity index (χ3n) is 3.88. The van der Waals surface area contributed by atoms with E-state index in [1.165, 1.54) is 11.6 Å². The van der Waals surface area contributed by atoms with Crippen molar-refractivity contribution >= 4 is 38.6 Å². The molecule has 0 atom stereocenters. The van der Waals surface area contributed by atoms with Gasteiger partial charge in [-0.25, -0.2) is 8.42 Å². The van der Waals surface area contributed by atoms with Crippen molar-refractivity contribution < 1.29 is 8.42 Å². The predicted molar refractivity (Wildman–Crippen MR) is 101 cm³/mol. The lowest BCUT2D eigenvalue weighted by Gasteiger charge is -2.06. The van der Waals surface area contributed by atoms with Gasteiger partial charge >= 0.3 is 0 Å². The summed E-state index contributed by atoms with van der Waals surface area (Å²) >= 11 is 0.984. The zero-order chi connectivity index (χ0) is 18.1. The molecular formula is C17H15N5O2S2. The largest absolute Gasteiger partial charge is 0.266 e. The van der Waals surface area contributed by atoms with Crippen molar-refractivity contribution in [3.63, 3.8) is 0 Å². The second kappa shape index (κ2) is 6.50. The molecule has 26 heavy (non-hydrogen) atoms. The van der Waals surface area contributed by atoms with Gasteiger partial charge in [0, 0.05) is 12.3 Å². The summed E-state index contributed by atoms with van der Waals surface area (Å²) in [4.78, 5) is 0.0943. The molecule has 0 saturated carbocycles. The zero-order valence-corrected chi connectivity index (χ0v) is 15.5. The molecule has 2 aromatic carbocycles. The van der Waals surface area contributed by atoms with Crippen molar-refractivity contribution in [3.05, 3.63) is 65.9 Å². The topological polar surface area (TPSA) is 89.8 Å². The van der Waals surface area contributed by atoms with Gasteiger partial charge in [0.1, 0.15) is 15.9 Å². The van der Waals surface area contributed by atoms with E-state index in [4.69, 9.17) is 0 Å². The first kappa shape index (κ1) is 16.7. The van der Waals surface area contributed by atoms with Gasteiger partial charge in [-0.05, 0) is 24.6 Å². The lowest BCUT2D eigenvalue weighted by Crippen LogP contribution is -2.14. The van der Waals surface area contributed by atoms with Crippen molar-refractivity contribution in [1.82, 2.24) is 18.5 Å². The molecule has 0 aliphatic carbocycles. The molecular weight excluding hydrogens is 370 g/mol. The number of nitrogens with zero attached hydrogens (tertiary/aromatic N) is 4. The standard InChI is InChI=1S/C17H15N5O2S2/c1-12-5-7-13(8-6-12)11-22-10-9-16(18-22)21-26(23,24)15-4-2-3-14-17(15)20-25-19-14/h2-10H,11H2,1H3,(H,18,21). The Morgan fingerprint density at radius 1 is 1.08 bits per heavy atom. The van der Waals surface area contributed by atoms with Crippen LogP contribution in [0.15, 0.2) is 59.6 Å². The molecule has 0 radical (unpaired) electrons. The fraction of sp³-hybridized carbons (Fsp3) is 0.118. The van der Waals surface area contributed by atoms with Gasteiger partial charge in [-0.1, -0.05) is 35.9 Å². The van der Waals surface area contributed by atoms with Gasteiger partial charge in [-0.15, -0.1) is 0 Å². The Labute approximate surface area is 154 Å². The molecule has 0 fully saturated rings. The van der Waals surface area contributed by atoms with E-state index in [0.717, 1.165) is 17.3 Å². The molecule has 2 heterocycles. The minimum atomic E-state index is -3.80. The van der Waals surface area contributed by atoms with E-state index in [9.17, 15) is 8.42 Å². The summed E-state index contributed by atoms with van der Waals surface area (Å²) in [6, 6.07) is 14.6. The molecule has 4 aromatic rings. The number of benzene rings is 2. The average molecular weight is 385 g/mol. The average Bonchev–Trinajstić information content (AvgIpc) is 3.25. The molecule has 9 heteroatoms. The maximum Gasteiger partial charge on any atom is 0.265 e. The summed E-state index contributed by atoms with van der Waals surface area (Å²) in [5.41, 5.74) is 3.20. The molecule has 7 nitrogen and oxygen atoms in total. The van der Waals surface area contributed by atoms with Gasteiger partial charge in [0.05, 0.1) is 18.3 Å². The number of rotatable bonds is 5. The van der Waals surface area contributed by atoms with Crippen molar-refractivity contribution in [2.24, 2.45) is 0 Å². The Kier molecular flexibility index (Phi) is 4.17. The summed E-state index contributed by atoms with van der Waals surface area (Å²) in [6.45, 7) is 2.59. The third kappa shape index (κ3) is 3.31. The molecule has 0 unspecified atom stereocenters. The molecule has 2 aromatic heterocycles. The van der Waals surface area contributed by atoms with E-state index in [1.807, 2.05) is 31.2 Å². The van der Waals surface area contributed by atoms with E-state index < -0.39 is 10.0 Å². The van der Waals surface area contributed by atoms with E-state index in [1.54, 1.807) is 29.1 Å². The SMILES string of the molecule is Cc1ccc(Cn2ccc(NS(=O)(=O)c3cccc4nsnc34)n2)cc1. The van der Waals surface area contributed by atoms with Crippen LogP contribution in [-0.4, -0.2) is 26.9 Å². The molecule has 0 bridgehead atoms. The Bertz CT molecular complexity index is 1160. The van der Waals surface area contributed by atoms with Crippen LogP contribution in [-0.2, 0) is 16.6 Å². The van der Waals surface area contributed by atoms with Crippen molar-refractivity contribution in [1.29, 1.82) is 0 Å². The van der Waals surface area contributed by atoms with E-state index >= 15 is 0 Å². The van der Waals surface area contributed by atoms with Crippen LogP contribution < -0.4 is 4.72 Å². The quantitative estimate of drug-likeness (QED) is 0.570. The predicted octanol–water partition coefficient (Wildman–Crippen LogP) is 3.05. The Morgan fingerprint density at radius 3 is 2.69 bits per heavy atom. The summed E-state index contributed by atoms with van der Waals surface area (Å²) in [6.07, 6.45) is 1.74. The highest BCUT2D eigenvalue weighted by molar-refractivity contribution is 7.93. The summed E-state index contributed by atoms with van der Waals surface area (Å²) in [5.74, 6) is 0.261. The van der Waals surface area contributed by atoms with Crippen LogP contribution in [0.2, 0.25) is 0 Å². The third-order valence-corrected chi connectivity index (χ3v) is 5.81. The van der Waals surface area contributed by atoms with E-state index in [2.05, 4.69) is 18.6 Å². The van der Waals surface area contributed by atoms with Gasteiger partial charge in [0.15, 0.2) is 5.82 Å². The highest BCUT2D eigenvalue weighted by Crippen LogP contribution is 2.23. The minimum Gasteiger partial charge on any atom is -0.266 e. The van der Waals surface area contributed by atoms with Crippen LogP contribution in [0.5, 0.6) is 0 Å². The first-order chi connectivity index (χ1) is 12.5. The minimum absolute atomic E-state index is 0.0943. The Morgan fingerprint density at radius 2 is 1.88 bits per heavy atom. The first-order valence-electron chi connectivity index (χ1n) is 7.84. The van der Waals surface area contributed by atoms with Gasteiger partial charge < -0.3 is 0 Å². The van der Waals surface area contributed by atoms with Gasteiger partial charge in [-0.3, -0.25) is 9.40 Å². The van der Waals surface area contributed by atoms with Crippen molar-refractivity contribution in [2.45, 2.75) is 18.4 Å². The summed E-state index contributed by atoms with van der Waals surface area (Å²) in [5, 5.41) is 4.30. The molecule has 0 spiro atoms. The molecule has 0 aliphatic heterocycles. The molecule has 132 valence electrons. The normalized spacial score (nSPS) is 11.7. The van der Waals surface area contributed by atoms with Gasteiger partial charge in [-0.2, -0.15) is 13.8 Å². The van der Waals surface area contributed by atoms with Gasteiger partial charge in [0.25, 0.3) is 10.0 Å². The maximum absolute atomic E-state index is 12.7. The van der Waals surface area contributed by atoms with Crippen molar-refractivity contribution in [3.8, 4) is 0 Å². The number of fused-ring (bicyclic) bond motifs is 1. The maximum atomic E-state index is 12.7. The van der Waals surface area contributed by atoms with Crippen LogP contribution in [0.25, 0.3) is 11.0 Å². The van der Waals surface area contributed by atoms with E-state index in [-0.39, 0.29) is 10.7 Å². The van der Waals surface area contributed by atoms with Crippen molar-refractivity contribution in [2.75, 3.05) is 4.72 Å². The Hall–Kier alpha value is -2.78. The second-order valence-corrected chi connectivity index (χ2v) is 8.06. The van der Waals surface area contributed by atoms with Crippen LogP contribution in [0.3, 0.4) is 0 Å². The first-order valence-corrected chi connectivity index (χ1v) is 10.1. The molecule has 0 amide bonds. The summed E-state index contributed by atoms with van der Waals surface area (Å²) < 4.78 is 37.7. The number of hydrogen-bond donors (Lipinski definition) is 1. The van der Waals surface area contributed by atoms with Crippen LogP contribution in [0, 0.1) is 6.92 Å².